The zero-order valence-corrected chi connectivity index (χ0v) is 11.8. The molecule has 0 heterocycles. The molecule has 108 valence electrons. The molecule has 0 atom stereocenters. The first-order valence-electron chi connectivity index (χ1n) is 7.40. The van der Waals surface area contributed by atoms with E-state index in [4.69, 9.17) is 0 Å². The monoisotopic (exact) mass is 283 g/mol. The maximum Gasteiger partial charge on any atom is 0.258 e. The number of carbonyl (C=O) groups excluding carboxylic acids is 1. The van der Waals surface area contributed by atoms with Crippen LogP contribution >= 0.6 is 0 Å². The Morgan fingerprint density at radius 1 is 1.00 bits per heavy atom. The number of benzene rings is 2. The third-order valence-corrected chi connectivity index (χ3v) is 4.11. The maximum atomic E-state index is 13.6. The van der Waals surface area contributed by atoms with Crippen LogP contribution in [-0.2, 0) is 0 Å². The number of carbonyl (C=O) groups is 1. The number of hydrogen-bond donors (Lipinski definition) is 1. The molecule has 2 nitrogen and oxygen atoms in total. The average Bonchev–Trinajstić information content (AvgIpc) is 3.02. The van der Waals surface area contributed by atoms with E-state index < -0.39 is 11.7 Å². The van der Waals surface area contributed by atoms with E-state index in [0.29, 0.717) is 11.6 Å². The third kappa shape index (κ3) is 3.13. The van der Waals surface area contributed by atoms with Gasteiger partial charge in [0.2, 0.25) is 0 Å². The smallest absolute Gasteiger partial charge is 0.258 e. The number of halogens is 1. The van der Waals surface area contributed by atoms with Crippen molar-refractivity contribution in [2.45, 2.75) is 31.6 Å². The van der Waals surface area contributed by atoms with E-state index >= 15 is 0 Å². The molecule has 21 heavy (non-hydrogen) atoms. The van der Waals surface area contributed by atoms with E-state index in [-0.39, 0.29) is 5.56 Å². The zero-order chi connectivity index (χ0) is 14.7. The first kappa shape index (κ1) is 13.8. The predicted octanol–water partition coefficient (Wildman–Crippen LogP) is 4.74. The first-order valence-corrected chi connectivity index (χ1v) is 7.40. The summed E-state index contributed by atoms with van der Waals surface area (Å²) >= 11 is 0. The molecule has 1 amide bonds. The van der Waals surface area contributed by atoms with Crippen molar-refractivity contribution >= 4 is 11.6 Å². The Balaban J connectivity index is 1.70. The number of rotatable bonds is 3. The quantitative estimate of drug-likeness (QED) is 0.866. The zero-order valence-electron chi connectivity index (χ0n) is 11.8. The predicted molar refractivity (Wildman–Crippen MR) is 82.0 cm³/mol. The SMILES string of the molecule is O=C(Nc1ccc(C2CCCC2)cc1)c1ccccc1F. The molecule has 3 heteroatoms. The fourth-order valence-electron chi connectivity index (χ4n) is 2.94. The highest BCUT2D eigenvalue weighted by Gasteiger charge is 2.17. The number of amides is 1. The van der Waals surface area contributed by atoms with Gasteiger partial charge < -0.3 is 5.32 Å². The highest BCUT2D eigenvalue weighted by molar-refractivity contribution is 6.04. The lowest BCUT2D eigenvalue weighted by molar-refractivity contribution is 0.102. The van der Waals surface area contributed by atoms with E-state index in [0.717, 1.165) is 0 Å². The standard InChI is InChI=1S/C18H18FNO/c19-17-8-4-3-7-16(17)18(21)20-15-11-9-14(10-12-15)13-5-1-2-6-13/h3-4,7-13H,1-2,5-6H2,(H,20,21). The van der Waals surface area contributed by atoms with Gasteiger partial charge in [0.25, 0.3) is 5.91 Å². The van der Waals surface area contributed by atoms with Gasteiger partial charge in [0, 0.05) is 5.69 Å². The summed E-state index contributed by atoms with van der Waals surface area (Å²) in [4.78, 5) is 12.0. The lowest BCUT2D eigenvalue weighted by Crippen LogP contribution is -2.13. The minimum absolute atomic E-state index is 0.0670. The van der Waals surface area contributed by atoms with E-state index in [2.05, 4.69) is 17.4 Å². The van der Waals surface area contributed by atoms with E-state index in [1.165, 1.54) is 43.4 Å². The summed E-state index contributed by atoms with van der Waals surface area (Å²) in [6, 6.07) is 13.9. The second kappa shape index (κ2) is 6.08. The lowest BCUT2D eigenvalue weighted by atomic mass is 9.97. The summed E-state index contributed by atoms with van der Waals surface area (Å²) in [5, 5.41) is 2.74. The van der Waals surface area contributed by atoms with Gasteiger partial charge >= 0.3 is 0 Å². The molecule has 1 fully saturated rings. The molecule has 0 aromatic heterocycles. The summed E-state index contributed by atoms with van der Waals surface area (Å²) < 4.78 is 13.6. The summed E-state index contributed by atoms with van der Waals surface area (Å²) in [6.07, 6.45) is 5.11. The summed E-state index contributed by atoms with van der Waals surface area (Å²) in [6.45, 7) is 0. The molecular weight excluding hydrogens is 265 g/mol. The minimum Gasteiger partial charge on any atom is -0.322 e. The normalized spacial score (nSPS) is 15.1. The van der Waals surface area contributed by atoms with Crippen LogP contribution in [0.2, 0.25) is 0 Å². The van der Waals surface area contributed by atoms with Gasteiger partial charge in [-0.1, -0.05) is 37.1 Å². The number of anilines is 1. The Morgan fingerprint density at radius 2 is 1.67 bits per heavy atom. The summed E-state index contributed by atoms with van der Waals surface area (Å²) in [5.41, 5.74) is 2.10. The molecule has 2 aromatic rings. The van der Waals surface area contributed by atoms with Gasteiger partial charge in [-0.25, -0.2) is 4.39 Å². The lowest BCUT2D eigenvalue weighted by Gasteiger charge is -2.11. The van der Waals surface area contributed by atoms with E-state index in [1.54, 1.807) is 12.1 Å². The summed E-state index contributed by atoms with van der Waals surface area (Å²) in [5.74, 6) is -0.263. The first-order chi connectivity index (χ1) is 10.2. The Bertz CT molecular complexity index is 630. The minimum atomic E-state index is -0.502. The van der Waals surface area contributed by atoms with Crippen LogP contribution in [0.3, 0.4) is 0 Å². The van der Waals surface area contributed by atoms with Crippen molar-refractivity contribution in [1.82, 2.24) is 0 Å². The van der Waals surface area contributed by atoms with E-state index in [9.17, 15) is 9.18 Å². The van der Waals surface area contributed by atoms with E-state index in [1.807, 2.05) is 12.1 Å². The molecule has 2 aromatic carbocycles. The van der Waals surface area contributed by atoms with Gasteiger partial charge in [-0.15, -0.1) is 0 Å². The van der Waals surface area contributed by atoms with Crippen molar-refractivity contribution in [2.75, 3.05) is 5.32 Å². The Labute approximate surface area is 124 Å². The molecule has 0 radical (unpaired) electrons. The number of nitrogens with one attached hydrogen (secondary N) is 1. The Hall–Kier alpha value is -2.16. The Morgan fingerprint density at radius 3 is 2.33 bits per heavy atom. The average molecular weight is 283 g/mol. The van der Waals surface area contributed by atoms with Gasteiger partial charge in [-0.2, -0.15) is 0 Å². The van der Waals surface area contributed by atoms with Gasteiger partial charge in [-0.3, -0.25) is 4.79 Å². The second-order valence-electron chi connectivity index (χ2n) is 5.54. The second-order valence-corrected chi connectivity index (χ2v) is 5.54. The highest BCUT2D eigenvalue weighted by atomic mass is 19.1. The molecule has 1 N–H and O–H groups in total. The van der Waals surface area contributed by atoms with Crippen LogP contribution in [-0.4, -0.2) is 5.91 Å². The van der Waals surface area contributed by atoms with Crippen LogP contribution in [0.15, 0.2) is 48.5 Å². The maximum absolute atomic E-state index is 13.6. The van der Waals surface area contributed by atoms with Crippen molar-refractivity contribution in [3.05, 3.63) is 65.5 Å². The molecule has 1 aliphatic rings. The highest BCUT2D eigenvalue weighted by Crippen LogP contribution is 2.34. The molecule has 1 aliphatic carbocycles. The largest absolute Gasteiger partial charge is 0.322 e. The molecule has 0 unspecified atom stereocenters. The molecule has 0 bridgehead atoms. The van der Waals surface area contributed by atoms with Crippen LogP contribution in [0.1, 0.15) is 47.5 Å². The fourth-order valence-corrected chi connectivity index (χ4v) is 2.94. The molecule has 0 aliphatic heterocycles. The van der Waals surface area contributed by atoms with Crippen molar-refractivity contribution < 1.29 is 9.18 Å². The molecule has 0 saturated heterocycles. The van der Waals surface area contributed by atoms with Gasteiger partial charge in [0.1, 0.15) is 5.82 Å². The van der Waals surface area contributed by atoms with Crippen LogP contribution in [0.5, 0.6) is 0 Å². The van der Waals surface area contributed by atoms with Crippen LogP contribution in [0.25, 0.3) is 0 Å². The van der Waals surface area contributed by atoms with Crippen LogP contribution < -0.4 is 5.32 Å². The third-order valence-electron chi connectivity index (χ3n) is 4.11. The fraction of sp³-hybridized carbons (Fsp3) is 0.278. The van der Waals surface area contributed by atoms with Crippen LogP contribution in [0.4, 0.5) is 10.1 Å². The molecule has 0 spiro atoms. The topological polar surface area (TPSA) is 29.1 Å². The van der Waals surface area contributed by atoms with Crippen LogP contribution in [0, 0.1) is 5.82 Å². The van der Waals surface area contributed by atoms with Crippen molar-refractivity contribution in [1.29, 1.82) is 0 Å². The van der Waals surface area contributed by atoms with Crippen molar-refractivity contribution in [2.24, 2.45) is 0 Å². The van der Waals surface area contributed by atoms with Gasteiger partial charge in [-0.05, 0) is 48.6 Å². The molecule has 3 rings (SSSR count). The summed E-state index contributed by atoms with van der Waals surface area (Å²) in [7, 11) is 0. The molecular formula is C18H18FNO. The van der Waals surface area contributed by atoms with Crippen molar-refractivity contribution in [3.8, 4) is 0 Å². The molecule has 1 saturated carbocycles. The van der Waals surface area contributed by atoms with Gasteiger partial charge in [0.15, 0.2) is 0 Å². The number of hydrogen-bond acceptors (Lipinski definition) is 1. The van der Waals surface area contributed by atoms with Gasteiger partial charge in [0.05, 0.1) is 5.56 Å². The Kier molecular flexibility index (Phi) is 4.00. The van der Waals surface area contributed by atoms with Crippen molar-refractivity contribution in [3.63, 3.8) is 0 Å².